The second kappa shape index (κ2) is 5.01. The van der Waals surface area contributed by atoms with Crippen LogP contribution in [0.5, 0.6) is 0 Å². The Bertz CT molecular complexity index is 790. The van der Waals surface area contributed by atoms with Gasteiger partial charge in [-0.25, -0.2) is 4.98 Å². The lowest BCUT2D eigenvalue weighted by molar-refractivity contribution is -0.111. The van der Waals surface area contributed by atoms with Gasteiger partial charge < -0.3 is 9.73 Å². The van der Waals surface area contributed by atoms with Gasteiger partial charge in [0, 0.05) is 5.69 Å². The Kier molecular flexibility index (Phi) is 3.05. The first-order valence-electron chi connectivity index (χ1n) is 6.13. The number of oxazole rings is 1. The monoisotopic (exact) mass is 264 g/mol. The summed E-state index contributed by atoms with van der Waals surface area (Å²) in [6.07, 6.45) is 2.67. The molecule has 0 spiro atoms. The predicted molar refractivity (Wildman–Crippen MR) is 78.3 cm³/mol. The van der Waals surface area contributed by atoms with Gasteiger partial charge in [0.25, 0.3) is 0 Å². The number of carbonyl (C=O) groups is 1. The molecule has 0 bridgehead atoms. The summed E-state index contributed by atoms with van der Waals surface area (Å²) < 4.78 is 5.22. The molecule has 0 atom stereocenters. The van der Waals surface area contributed by atoms with Gasteiger partial charge in [-0.15, -0.1) is 0 Å². The standard InChI is InChI=1S/C16H12N2O2/c1-2-16(19)18-13-5-3-4-11(8-13)12-6-7-15-14(9-12)17-10-20-15/h2-10H,1H2,(H,18,19). The molecule has 0 aliphatic rings. The normalized spacial score (nSPS) is 10.4. The van der Waals surface area contributed by atoms with Crippen LogP contribution in [-0.2, 0) is 4.79 Å². The number of benzene rings is 2. The summed E-state index contributed by atoms with van der Waals surface area (Å²) in [5, 5.41) is 2.74. The van der Waals surface area contributed by atoms with E-state index in [0.717, 1.165) is 27.9 Å². The van der Waals surface area contributed by atoms with Gasteiger partial charge in [-0.3, -0.25) is 4.79 Å². The summed E-state index contributed by atoms with van der Waals surface area (Å²) in [5.41, 5.74) is 4.30. The van der Waals surface area contributed by atoms with Crippen LogP contribution >= 0.6 is 0 Å². The maximum absolute atomic E-state index is 11.3. The van der Waals surface area contributed by atoms with E-state index in [1.807, 2.05) is 42.5 Å². The second-order valence-electron chi connectivity index (χ2n) is 4.31. The molecule has 4 nitrogen and oxygen atoms in total. The molecule has 0 aliphatic carbocycles. The third-order valence-corrected chi connectivity index (χ3v) is 2.98. The Morgan fingerprint density at radius 2 is 2.05 bits per heavy atom. The number of hydrogen-bond donors (Lipinski definition) is 1. The van der Waals surface area contributed by atoms with Crippen molar-refractivity contribution in [2.45, 2.75) is 0 Å². The molecule has 98 valence electrons. The van der Waals surface area contributed by atoms with Crippen LogP contribution in [0.2, 0.25) is 0 Å². The average Bonchev–Trinajstić information content (AvgIpc) is 2.94. The maximum atomic E-state index is 11.3. The third kappa shape index (κ3) is 2.31. The van der Waals surface area contributed by atoms with Gasteiger partial charge in [-0.1, -0.05) is 24.8 Å². The van der Waals surface area contributed by atoms with Crippen molar-refractivity contribution in [3.63, 3.8) is 0 Å². The molecule has 1 N–H and O–H groups in total. The highest BCUT2D eigenvalue weighted by Crippen LogP contribution is 2.25. The number of amides is 1. The zero-order valence-electron chi connectivity index (χ0n) is 10.7. The minimum absolute atomic E-state index is 0.228. The van der Waals surface area contributed by atoms with Crippen LogP contribution in [-0.4, -0.2) is 10.9 Å². The first-order valence-corrected chi connectivity index (χ1v) is 6.13. The Morgan fingerprint density at radius 3 is 2.90 bits per heavy atom. The van der Waals surface area contributed by atoms with E-state index in [4.69, 9.17) is 4.42 Å². The highest BCUT2D eigenvalue weighted by molar-refractivity contribution is 5.99. The summed E-state index contributed by atoms with van der Waals surface area (Å²) in [6.45, 7) is 3.43. The number of hydrogen-bond acceptors (Lipinski definition) is 3. The van der Waals surface area contributed by atoms with Crippen molar-refractivity contribution in [1.29, 1.82) is 0 Å². The van der Waals surface area contributed by atoms with Crippen LogP contribution in [0.15, 0.2) is 65.9 Å². The van der Waals surface area contributed by atoms with Crippen molar-refractivity contribution < 1.29 is 9.21 Å². The summed E-state index contributed by atoms with van der Waals surface area (Å²) in [6, 6.07) is 13.4. The van der Waals surface area contributed by atoms with E-state index in [-0.39, 0.29) is 5.91 Å². The number of anilines is 1. The van der Waals surface area contributed by atoms with Crippen molar-refractivity contribution in [1.82, 2.24) is 4.98 Å². The fourth-order valence-corrected chi connectivity index (χ4v) is 2.01. The Morgan fingerprint density at radius 1 is 1.20 bits per heavy atom. The zero-order chi connectivity index (χ0) is 13.9. The van der Waals surface area contributed by atoms with E-state index in [2.05, 4.69) is 16.9 Å². The summed E-state index contributed by atoms with van der Waals surface area (Å²) >= 11 is 0. The summed E-state index contributed by atoms with van der Waals surface area (Å²) in [4.78, 5) is 15.5. The maximum Gasteiger partial charge on any atom is 0.247 e. The molecule has 3 aromatic rings. The van der Waals surface area contributed by atoms with Crippen molar-refractivity contribution >= 4 is 22.7 Å². The van der Waals surface area contributed by atoms with Gasteiger partial charge in [0.1, 0.15) is 5.52 Å². The van der Waals surface area contributed by atoms with E-state index in [1.165, 1.54) is 12.5 Å². The van der Waals surface area contributed by atoms with E-state index in [0.29, 0.717) is 0 Å². The molecule has 0 saturated carbocycles. The van der Waals surface area contributed by atoms with E-state index >= 15 is 0 Å². The van der Waals surface area contributed by atoms with Crippen LogP contribution in [0, 0.1) is 0 Å². The minimum Gasteiger partial charge on any atom is -0.443 e. The van der Waals surface area contributed by atoms with Crippen LogP contribution in [0.1, 0.15) is 0 Å². The van der Waals surface area contributed by atoms with Crippen molar-refractivity contribution in [3.05, 3.63) is 61.5 Å². The lowest BCUT2D eigenvalue weighted by Crippen LogP contribution is -2.06. The Hall–Kier alpha value is -2.88. The van der Waals surface area contributed by atoms with Crippen molar-refractivity contribution in [2.75, 3.05) is 5.32 Å². The number of carbonyl (C=O) groups excluding carboxylic acids is 1. The molecule has 1 heterocycles. The molecule has 0 aliphatic heterocycles. The second-order valence-corrected chi connectivity index (χ2v) is 4.31. The number of nitrogens with zero attached hydrogens (tertiary/aromatic N) is 1. The molecule has 3 rings (SSSR count). The number of rotatable bonds is 3. The Labute approximate surface area is 115 Å². The Balaban J connectivity index is 1.98. The van der Waals surface area contributed by atoms with Gasteiger partial charge in [0.05, 0.1) is 0 Å². The molecule has 1 aromatic heterocycles. The molecule has 0 radical (unpaired) electrons. The fraction of sp³-hybridized carbons (Fsp3) is 0. The largest absolute Gasteiger partial charge is 0.443 e. The van der Waals surface area contributed by atoms with Crippen molar-refractivity contribution in [2.24, 2.45) is 0 Å². The lowest BCUT2D eigenvalue weighted by Gasteiger charge is -2.06. The van der Waals surface area contributed by atoms with E-state index in [9.17, 15) is 4.79 Å². The molecule has 4 heteroatoms. The SMILES string of the molecule is C=CC(=O)Nc1cccc(-c2ccc3ocnc3c2)c1. The molecule has 1 amide bonds. The van der Waals surface area contributed by atoms with Crippen LogP contribution < -0.4 is 5.32 Å². The smallest absolute Gasteiger partial charge is 0.247 e. The third-order valence-electron chi connectivity index (χ3n) is 2.98. The van der Waals surface area contributed by atoms with Gasteiger partial charge >= 0.3 is 0 Å². The van der Waals surface area contributed by atoms with Crippen molar-refractivity contribution in [3.8, 4) is 11.1 Å². The van der Waals surface area contributed by atoms with Crippen LogP contribution in [0.25, 0.3) is 22.2 Å². The fourth-order valence-electron chi connectivity index (χ4n) is 2.01. The first kappa shape index (κ1) is 12.2. The van der Waals surface area contributed by atoms with Crippen LogP contribution in [0.3, 0.4) is 0 Å². The van der Waals surface area contributed by atoms with Gasteiger partial charge in [0.15, 0.2) is 12.0 Å². The molecular weight excluding hydrogens is 252 g/mol. The minimum atomic E-state index is -0.228. The molecule has 2 aromatic carbocycles. The molecule has 0 unspecified atom stereocenters. The number of aromatic nitrogens is 1. The van der Waals surface area contributed by atoms with E-state index < -0.39 is 0 Å². The van der Waals surface area contributed by atoms with Gasteiger partial charge in [-0.2, -0.15) is 0 Å². The average molecular weight is 264 g/mol. The molecule has 20 heavy (non-hydrogen) atoms. The molecule has 0 saturated heterocycles. The first-order chi connectivity index (χ1) is 9.76. The highest BCUT2D eigenvalue weighted by atomic mass is 16.3. The van der Waals surface area contributed by atoms with Crippen LogP contribution in [0.4, 0.5) is 5.69 Å². The topological polar surface area (TPSA) is 55.1 Å². The van der Waals surface area contributed by atoms with Gasteiger partial charge in [0.2, 0.25) is 5.91 Å². The number of fused-ring (bicyclic) bond motifs is 1. The summed E-state index contributed by atoms with van der Waals surface area (Å²) in [5.74, 6) is -0.228. The number of nitrogens with one attached hydrogen (secondary N) is 1. The molecule has 0 fully saturated rings. The lowest BCUT2D eigenvalue weighted by atomic mass is 10.0. The zero-order valence-corrected chi connectivity index (χ0v) is 10.7. The van der Waals surface area contributed by atoms with Gasteiger partial charge in [-0.05, 0) is 41.5 Å². The molecular formula is C16H12N2O2. The van der Waals surface area contributed by atoms with E-state index in [1.54, 1.807) is 0 Å². The highest BCUT2D eigenvalue weighted by Gasteiger charge is 2.04. The quantitative estimate of drug-likeness (QED) is 0.735. The summed E-state index contributed by atoms with van der Waals surface area (Å²) in [7, 11) is 0. The predicted octanol–water partition coefficient (Wildman–Crippen LogP) is 3.62.